The molecule has 4 saturated heterocycles. The number of fused-ring (bicyclic) bond motifs is 4. The number of hydrogen-bond donors (Lipinski definition) is 5. The van der Waals surface area contributed by atoms with E-state index in [1.807, 2.05) is 99.2 Å². The quantitative estimate of drug-likeness (QED) is 0.0162. The summed E-state index contributed by atoms with van der Waals surface area (Å²) in [7, 11) is -8.11. The number of ether oxygens (including phenoxy) is 12. The number of H-pyrrole nitrogens is 1. The van der Waals surface area contributed by atoms with Crippen molar-refractivity contribution in [2.45, 2.75) is 132 Å². The van der Waals surface area contributed by atoms with Gasteiger partial charge < -0.3 is 77.7 Å². The Morgan fingerprint density at radius 2 is 1.10 bits per heavy atom. The van der Waals surface area contributed by atoms with E-state index in [9.17, 15) is 36.6 Å². The van der Waals surface area contributed by atoms with Gasteiger partial charge in [-0.15, -0.1) is 0 Å². The van der Waals surface area contributed by atoms with Crippen LogP contribution in [-0.2, 0) is 67.9 Å². The Hall–Kier alpha value is -7.05. The molecule has 6 aliphatic heterocycles. The van der Waals surface area contributed by atoms with Gasteiger partial charge in [0.25, 0.3) is 0 Å². The molecule has 540 valence electrons. The summed E-state index contributed by atoms with van der Waals surface area (Å²) in [5.41, 5.74) is 1.62. The Morgan fingerprint density at radius 3 is 1.52 bits per heavy atom. The number of alkyl carbamates (subject to hydrolysis) is 2. The van der Waals surface area contributed by atoms with E-state index in [-0.39, 0.29) is 106 Å². The Kier molecular flexibility index (Phi) is 27.1. The molecule has 2 aromatic heterocycles. The molecule has 0 saturated carbocycles. The SMILES string of the molecule is CC(C)CN(C[C@@H](O)[C@H](Cc1ccc(OCCCI)cc1)NC(=O)O[C@H]1CO[C@H]2OCC[C@H]21)S(=O)(=O)c1ccc2c(c1)OCO2.CC(C)CN(C[C@@H](O)[C@H](Cc1ccc(OCCCn2cccn2)cc1)NC(=O)O[C@H]1CO[C@H]2OCC[C@H]21)S(=O)(=O)c1ccc2c(c1)OCO2.c1cn[nH]c1. The molecular weight excluding hydrogens is 1440 g/mol. The van der Waals surface area contributed by atoms with E-state index in [0.29, 0.717) is 61.6 Å². The summed E-state index contributed by atoms with van der Waals surface area (Å²) in [5.74, 6) is 2.82. The van der Waals surface area contributed by atoms with Crippen LogP contribution in [0.25, 0.3) is 0 Å². The summed E-state index contributed by atoms with van der Waals surface area (Å²) in [4.78, 5) is 26.5. The molecule has 12 rings (SSSR count). The van der Waals surface area contributed by atoms with Crippen LogP contribution in [0.2, 0.25) is 0 Å². The summed E-state index contributed by atoms with van der Waals surface area (Å²) in [5, 5.41) is 39.3. The van der Waals surface area contributed by atoms with Crippen molar-refractivity contribution in [2.24, 2.45) is 23.7 Å². The fourth-order valence-corrected chi connectivity index (χ4v) is 15.6. The molecule has 10 atom stereocenters. The predicted molar refractivity (Wildman–Crippen MR) is 367 cm³/mol. The number of aryl methyl sites for hydroxylation is 1. The molecule has 4 fully saturated rings. The van der Waals surface area contributed by atoms with Crippen LogP contribution in [0, 0.1) is 23.7 Å². The van der Waals surface area contributed by atoms with Crippen molar-refractivity contribution in [3.05, 3.63) is 133 Å². The average molecular weight is 1530 g/mol. The van der Waals surface area contributed by atoms with Crippen LogP contribution in [0.5, 0.6) is 34.5 Å². The normalized spacial score (nSPS) is 20.8. The van der Waals surface area contributed by atoms with Gasteiger partial charge in [0.05, 0.1) is 85.6 Å². The Balaban J connectivity index is 0.000000200. The van der Waals surface area contributed by atoms with Gasteiger partial charge in [-0.05, 0) is 116 Å². The van der Waals surface area contributed by atoms with Crippen molar-refractivity contribution in [1.29, 1.82) is 0 Å². The topological polar surface area (TPSA) is 331 Å². The first kappa shape index (κ1) is 74.6. The van der Waals surface area contributed by atoms with E-state index in [1.165, 1.54) is 32.9 Å². The maximum atomic E-state index is 13.9. The second-order valence-electron chi connectivity index (χ2n) is 25.4. The number of carbonyl (C=O) groups is 2. The van der Waals surface area contributed by atoms with Crippen LogP contribution in [0.15, 0.2) is 132 Å². The second kappa shape index (κ2) is 36.0. The van der Waals surface area contributed by atoms with Crippen LogP contribution >= 0.6 is 22.6 Å². The third-order valence-electron chi connectivity index (χ3n) is 17.0. The van der Waals surface area contributed by atoms with Gasteiger partial charge in [0.2, 0.25) is 33.6 Å². The minimum absolute atomic E-state index is 0.0112. The van der Waals surface area contributed by atoms with E-state index in [2.05, 4.69) is 48.5 Å². The maximum Gasteiger partial charge on any atom is 0.407 e. The number of amides is 2. The zero-order valence-electron chi connectivity index (χ0n) is 55.8. The van der Waals surface area contributed by atoms with Crippen LogP contribution in [-0.4, -0.2) is 201 Å². The van der Waals surface area contributed by atoms with Crippen LogP contribution in [0.4, 0.5) is 9.59 Å². The van der Waals surface area contributed by atoms with Gasteiger partial charge in [0, 0.05) is 80.5 Å². The Morgan fingerprint density at radius 1 is 0.626 bits per heavy atom. The van der Waals surface area contributed by atoms with Crippen LogP contribution in [0.3, 0.4) is 0 Å². The molecule has 0 aliphatic carbocycles. The van der Waals surface area contributed by atoms with Gasteiger partial charge in [0.15, 0.2) is 35.6 Å². The first-order valence-electron chi connectivity index (χ1n) is 33.3. The fraction of sp³-hybridized carbons (Fsp3) is 0.529. The molecule has 6 aliphatic rings. The highest BCUT2D eigenvalue weighted by Gasteiger charge is 2.46. The molecule has 0 radical (unpaired) electrons. The molecule has 0 spiro atoms. The molecule has 0 unspecified atom stereocenters. The summed E-state index contributed by atoms with van der Waals surface area (Å²) in [6.45, 7) is 10.7. The number of carbonyl (C=O) groups excluding carboxylic acids is 2. The number of nitrogens with zero attached hydrogens (tertiary/aromatic N) is 5. The average Bonchev–Trinajstić information content (AvgIpc) is 1.61. The first-order valence-corrected chi connectivity index (χ1v) is 37.7. The largest absolute Gasteiger partial charge is 0.494 e. The molecule has 4 aromatic carbocycles. The molecule has 99 heavy (non-hydrogen) atoms. The predicted octanol–water partition coefficient (Wildman–Crippen LogP) is 7.32. The number of hydrogen-bond acceptors (Lipinski definition) is 22. The lowest BCUT2D eigenvalue weighted by Crippen LogP contribution is -2.51. The number of rotatable bonds is 31. The van der Waals surface area contributed by atoms with Crippen LogP contribution < -0.4 is 39.1 Å². The molecule has 6 aromatic rings. The van der Waals surface area contributed by atoms with Gasteiger partial charge in [-0.25, -0.2) is 26.4 Å². The molecule has 28 nitrogen and oxygen atoms in total. The number of nitrogens with one attached hydrogen (secondary N) is 3. The minimum atomic E-state index is -4.07. The number of sulfonamides is 2. The van der Waals surface area contributed by atoms with Gasteiger partial charge >= 0.3 is 12.2 Å². The van der Waals surface area contributed by atoms with E-state index in [0.717, 1.165) is 47.1 Å². The van der Waals surface area contributed by atoms with Crippen molar-refractivity contribution in [3.8, 4) is 34.5 Å². The number of alkyl halides is 1. The Labute approximate surface area is 590 Å². The van der Waals surface area contributed by atoms with Crippen molar-refractivity contribution >= 4 is 54.8 Å². The lowest BCUT2D eigenvalue weighted by molar-refractivity contribution is -0.0909. The smallest absolute Gasteiger partial charge is 0.407 e. The zero-order chi connectivity index (χ0) is 69.9. The second-order valence-corrected chi connectivity index (χ2v) is 30.3. The lowest BCUT2D eigenvalue weighted by atomic mass is 10.0. The number of benzene rings is 4. The van der Waals surface area contributed by atoms with E-state index in [4.69, 9.17) is 56.8 Å². The molecule has 31 heteroatoms. The summed E-state index contributed by atoms with van der Waals surface area (Å²) in [6.07, 6.45) is 4.93. The first-order chi connectivity index (χ1) is 47.8. The summed E-state index contributed by atoms with van der Waals surface area (Å²) >= 11 is 2.30. The number of aromatic amines is 1. The van der Waals surface area contributed by atoms with Gasteiger partial charge in [-0.1, -0.05) is 74.6 Å². The minimum Gasteiger partial charge on any atom is -0.494 e. The van der Waals surface area contributed by atoms with Gasteiger partial charge in [0.1, 0.15) is 23.7 Å². The fourth-order valence-electron chi connectivity index (χ4n) is 12.0. The highest BCUT2D eigenvalue weighted by atomic mass is 127. The van der Waals surface area contributed by atoms with E-state index >= 15 is 0 Å². The number of aliphatic hydroxyl groups is 2. The van der Waals surface area contributed by atoms with Crippen molar-refractivity contribution in [2.75, 3.05) is 83.8 Å². The summed E-state index contributed by atoms with van der Waals surface area (Å²) < 4.78 is 128. The maximum absolute atomic E-state index is 13.9. The molecule has 8 heterocycles. The Bertz CT molecular complexity index is 3700. The highest BCUT2D eigenvalue weighted by Crippen LogP contribution is 2.38. The monoisotopic (exact) mass is 1530 g/mol. The standard InChI is InChI=1S/C34H44N4O10S.C31H41IN2O10S.C3H4N2/c1-23(2)19-38(49(41,42)26-9-10-30-31(18-26)47-22-46-30)20-29(39)28(36-34(40)48-32-21-45-33-27(32)11-16-44-33)17-24-5-7-25(8-6-24)43-15-4-14-37-13-3-12-35-37;1-20(2)16-34(45(37,38)23-8-9-27-28(15-23)43-19-42-27)17-26(35)25(14-21-4-6-22(7-5-21)39-12-3-11-32)33-31(36)44-29-18-41-30-24(29)10-13-40-30;1-2-4-5-3-1/h3,5-10,12-13,18,23,27-29,32-33,39H,4,11,14-17,19-22H2,1-2H3,(H,36,40);4-9,15,20,24-26,29-30,35H,3,10-14,16-19H2,1-2H3,(H,33,36);1-3H,(H,4,5)/t27-,28-,29+,32-,33+;24-,25-,26+,29-,30+;/m00./s1. The molecular formula is C68H89IN8O20S2. The van der Waals surface area contributed by atoms with E-state index < -0.39 is 75.0 Å². The van der Waals surface area contributed by atoms with Crippen molar-refractivity contribution in [3.63, 3.8) is 0 Å². The number of aromatic nitrogens is 4. The number of halogens is 1. The lowest BCUT2D eigenvalue weighted by Gasteiger charge is -2.31. The van der Waals surface area contributed by atoms with Crippen molar-refractivity contribution in [1.82, 2.24) is 39.2 Å². The zero-order valence-corrected chi connectivity index (χ0v) is 59.6. The van der Waals surface area contributed by atoms with Crippen molar-refractivity contribution < 1.29 is 93.5 Å². The van der Waals surface area contributed by atoms with Gasteiger partial charge in [-0.2, -0.15) is 18.8 Å². The third-order valence-corrected chi connectivity index (χ3v) is 21.4. The number of aliphatic hydroxyl groups excluding tert-OH is 2. The molecule has 5 N–H and O–H groups in total. The molecule has 2 amide bonds. The van der Waals surface area contributed by atoms with E-state index in [1.54, 1.807) is 30.7 Å². The third kappa shape index (κ3) is 21.0. The summed E-state index contributed by atoms with van der Waals surface area (Å²) in [6, 6.07) is 25.6. The van der Waals surface area contributed by atoms with Gasteiger partial charge in [-0.3, -0.25) is 9.78 Å². The van der Waals surface area contributed by atoms with Crippen LogP contribution in [0.1, 0.15) is 64.5 Å². The molecule has 0 bridgehead atoms. The highest BCUT2D eigenvalue weighted by molar-refractivity contribution is 14.1.